The van der Waals surface area contributed by atoms with Gasteiger partial charge in [-0.1, -0.05) is 29.8 Å². The summed E-state index contributed by atoms with van der Waals surface area (Å²) in [7, 11) is 0. The molecule has 3 rings (SSSR count). The van der Waals surface area contributed by atoms with E-state index in [2.05, 4.69) is 10.3 Å². The van der Waals surface area contributed by atoms with Crippen molar-refractivity contribution in [3.05, 3.63) is 64.8 Å². The molecule has 0 saturated carbocycles. The first-order chi connectivity index (χ1) is 10.8. The lowest BCUT2D eigenvalue weighted by atomic mass is 10.2. The van der Waals surface area contributed by atoms with E-state index in [-0.39, 0.29) is 11.4 Å². The Morgan fingerprint density at radius 2 is 1.83 bits per heavy atom. The first-order valence-electron chi connectivity index (χ1n) is 6.60. The quantitative estimate of drug-likeness (QED) is 0.671. The van der Waals surface area contributed by atoms with E-state index >= 15 is 0 Å². The highest BCUT2D eigenvalue weighted by atomic mass is 35.5. The van der Waals surface area contributed by atoms with E-state index in [9.17, 15) is 18.0 Å². The molecule has 0 aliphatic carbocycles. The van der Waals surface area contributed by atoms with Crippen molar-refractivity contribution in [2.24, 2.45) is 0 Å². The zero-order valence-corrected chi connectivity index (χ0v) is 12.3. The average molecular weight is 339 g/mol. The van der Waals surface area contributed by atoms with E-state index in [1.54, 1.807) is 24.3 Å². The molecule has 0 saturated heterocycles. The molecule has 3 aromatic rings. The number of hydrogen-bond donors (Lipinski definition) is 2. The van der Waals surface area contributed by atoms with Gasteiger partial charge in [-0.2, -0.15) is 13.2 Å². The zero-order valence-electron chi connectivity index (χ0n) is 11.5. The van der Waals surface area contributed by atoms with Crippen LogP contribution in [0.1, 0.15) is 16.1 Å². The van der Waals surface area contributed by atoms with E-state index in [1.165, 1.54) is 12.1 Å². The number of para-hydroxylation sites is 1. The third-order valence-corrected chi connectivity index (χ3v) is 3.61. The van der Waals surface area contributed by atoms with E-state index in [1.807, 2.05) is 0 Å². The van der Waals surface area contributed by atoms with Crippen LogP contribution in [-0.4, -0.2) is 10.9 Å². The fraction of sp³-hybridized carbons (Fsp3) is 0.0625. The van der Waals surface area contributed by atoms with Crippen LogP contribution in [-0.2, 0) is 6.18 Å². The molecule has 1 aromatic heterocycles. The monoisotopic (exact) mass is 338 g/mol. The number of alkyl halides is 3. The topological polar surface area (TPSA) is 44.9 Å². The van der Waals surface area contributed by atoms with Crippen molar-refractivity contribution < 1.29 is 18.0 Å². The molecule has 3 nitrogen and oxygen atoms in total. The number of anilines is 1. The van der Waals surface area contributed by atoms with Crippen LogP contribution < -0.4 is 5.32 Å². The maximum atomic E-state index is 12.7. The van der Waals surface area contributed by atoms with Crippen LogP contribution in [0.2, 0.25) is 5.02 Å². The number of rotatable bonds is 2. The van der Waals surface area contributed by atoms with Crippen molar-refractivity contribution in [1.82, 2.24) is 4.98 Å². The van der Waals surface area contributed by atoms with E-state index in [0.717, 1.165) is 17.5 Å². The third kappa shape index (κ3) is 3.17. The number of benzene rings is 2. The summed E-state index contributed by atoms with van der Waals surface area (Å²) in [6.45, 7) is 0. The number of halogens is 4. The first kappa shape index (κ1) is 15.4. The number of nitrogens with one attached hydrogen (secondary N) is 2. The largest absolute Gasteiger partial charge is 0.416 e. The number of fused-ring (bicyclic) bond motifs is 1. The molecular weight excluding hydrogens is 329 g/mol. The molecule has 0 unspecified atom stereocenters. The highest BCUT2D eigenvalue weighted by molar-refractivity contribution is 6.35. The van der Waals surface area contributed by atoms with Crippen molar-refractivity contribution >= 4 is 34.1 Å². The van der Waals surface area contributed by atoms with Crippen LogP contribution in [0.5, 0.6) is 0 Å². The molecule has 2 N–H and O–H groups in total. The molecule has 118 valence electrons. The predicted octanol–water partition coefficient (Wildman–Crippen LogP) is 5.09. The Kier molecular flexibility index (Phi) is 3.77. The molecule has 0 fully saturated rings. The standard InChI is InChI=1S/C16H10ClF3N2O/c17-12-6-1-3-9-7-13(22-14(9)12)15(23)21-11-5-2-4-10(8-11)16(18,19)20/h1-8,22H,(H,21,23). The minimum absolute atomic E-state index is 0.0644. The van der Waals surface area contributed by atoms with Gasteiger partial charge in [0.05, 0.1) is 16.1 Å². The van der Waals surface area contributed by atoms with Gasteiger partial charge in [0.2, 0.25) is 0 Å². The second-order valence-electron chi connectivity index (χ2n) is 4.92. The van der Waals surface area contributed by atoms with Gasteiger partial charge in [-0.25, -0.2) is 0 Å². The van der Waals surface area contributed by atoms with Gasteiger partial charge in [0.15, 0.2) is 0 Å². The molecule has 7 heteroatoms. The summed E-state index contributed by atoms with van der Waals surface area (Å²) in [5.74, 6) is -0.545. The van der Waals surface area contributed by atoms with Crippen molar-refractivity contribution in [1.29, 1.82) is 0 Å². The van der Waals surface area contributed by atoms with Gasteiger partial charge in [0.25, 0.3) is 5.91 Å². The Morgan fingerprint density at radius 1 is 1.09 bits per heavy atom. The van der Waals surface area contributed by atoms with Gasteiger partial charge in [0, 0.05) is 11.1 Å². The van der Waals surface area contributed by atoms with Crippen LogP contribution in [0.3, 0.4) is 0 Å². The SMILES string of the molecule is O=C(Nc1cccc(C(F)(F)F)c1)c1cc2cccc(Cl)c2[nH]1. The maximum Gasteiger partial charge on any atom is 0.416 e. The highest BCUT2D eigenvalue weighted by Gasteiger charge is 2.30. The van der Waals surface area contributed by atoms with Gasteiger partial charge in [-0.3, -0.25) is 4.79 Å². The molecule has 1 amide bonds. The number of carbonyl (C=O) groups excluding carboxylic acids is 1. The lowest BCUT2D eigenvalue weighted by Gasteiger charge is -2.09. The normalized spacial score (nSPS) is 11.7. The van der Waals surface area contributed by atoms with Gasteiger partial charge in [-0.05, 0) is 30.3 Å². The van der Waals surface area contributed by atoms with Gasteiger partial charge >= 0.3 is 6.18 Å². The van der Waals surface area contributed by atoms with Crippen molar-refractivity contribution in [2.45, 2.75) is 6.18 Å². The van der Waals surface area contributed by atoms with Crippen LogP contribution in [0.15, 0.2) is 48.5 Å². The Hall–Kier alpha value is -2.47. The van der Waals surface area contributed by atoms with E-state index < -0.39 is 17.6 Å². The predicted molar refractivity (Wildman–Crippen MR) is 82.7 cm³/mol. The third-order valence-electron chi connectivity index (χ3n) is 3.30. The summed E-state index contributed by atoms with van der Waals surface area (Å²) >= 11 is 6.02. The number of amides is 1. The van der Waals surface area contributed by atoms with Gasteiger partial charge in [0.1, 0.15) is 5.69 Å². The second-order valence-corrected chi connectivity index (χ2v) is 5.33. The van der Waals surface area contributed by atoms with E-state index in [0.29, 0.717) is 10.5 Å². The Labute approximate surface area is 134 Å². The summed E-state index contributed by atoms with van der Waals surface area (Å²) in [6.07, 6.45) is -4.46. The Morgan fingerprint density at radius 3 is 2.52 bits per heavy atom. The fourth-order valence-corrected chi connectivity index (χ4v) is 2.44. The summed E-state index contributed by atoms with van der Waals surface area (Å²) in [5.41, 5.74) is 0.0541. The highest BCUT2D eigenvalue weighted by Crippen LogP contribution is 2.31. The number of hydrogen-bond acceptors (Lipinski definition) is 1. The minimum Gasteiger partial charge on any atom is -0.349 e. The molecule has 0 aliphatic heterocycles. The molecule has 1 heterocycles. The van der Waals surface area contributed by atoms with Crippen molar-refractivity contribution in [3.63, 3.8) is 0 Å². The number of aromatic amines is 1. The maximum absolute atomic E-state index is 12.7. The fourth-order valence-electron chi connectivity index (χ4n) is 2.21. The minimum atomic E-state index is -4.46. The zero-order chi connectivity index (χ0) is 16.6. The summed E-state index contributed by atoms with van der Waals surface area (Å²) in [4.78, 5) is 15.1. The number of carbonyl (C=O) groups is 1. The summed E-state index contributed by atoms with van der Waals surface area (Å²) < 4.78 is 38.0. The second kappa shape index (κ2) is 5.62. The number of aromatic nitrogens is 1. The molecular formula is C16H10ClF3N2O. The molecule has 23 heavy (non-hydrogen) atoms. The van der Waals surface area contributed by atoms with E-state index in [4.69, 9.17) is 11.6 Å². The Bertz CT molecular complexity index is 886. The smallest absolute Gasteiger partial charge is 0.349 e. The average Bonchev–Trinajstić information content (AvgIpc) is 2.92. The lowest BCUT2D eigenvalue weighted by molar-refractivity contribution is -0.137. The first-order valence-corrected chi connectivity index (χ1v) is 6.98. The van der Waals surface area contributed by atoms with Gasteiger partial charge < -0.3 is 10.3 Å². The molecule has 2 aromatic carbocycles. The summed E-state index contributed by atoms with van der Waals surface area (Å²) in [5, 5.41) is 3.64. The molecule has 0 spiro atoms. The van der Waals surface area contributed by atoms with Crippen LogP contribution in [0.25, 0.3) is 10.9 Å². The van der Waals surface area contributed by atoms with Crippen LogP contribution in [0.4, 0.5) is 18.9 Å². The van der Waals surface area contributed by atoms with Crippen LogP contribution in [0, 0.1) is 0 Å². The van der Waals surface area contributed by atoms with Gasteiger partial charge in [-0.15, -0.1) is 0 Å². The van der Waals surface area contributed by atoms with Crippen LogP contribution >= 0.6 is 11.6 Å². The molecule has 0 bridgehead atoms. The molecule has 0 atom stereocenters. The molecule has 0 aliphatic rings. The van der Waals surface area contributed by atoms with Crippen molar-refractivity contribution in [2.75, 3.05) is 5.32 Å². The Balaban J connectivity index is 1.87. The lowest BCUT2D eigenvalue weighted by Crippen LogP contribution is -2.13. The summed E-state index contributed by atoms with van der Waals surface area (Å²) in [6, 6.07) is 11.2. The number of H-pyrrole nitrogens is 1. The molecule has 0 radical (unpaired) electrons. The van der Waals surface area contributed by atoms with Crippen molar-refractivity contribution in [3.8, 4) is 0 Å².